The second-order valence-corrected chi connectivity index (χ2v) is 4.14. The number of hydrogen-bond acceptors (Lipinski definition) is 5. The van der Waals surface area contributed by atoms with Crippen molar-refractivity contribution >= 4 is 17.8 Å². The number of rotatable bonds is 4. The lowest BCUT2D eigenvalue weighted by Gasteiger charge is -2.32. The number of hydrogen-bond donors (Lipinski definition) is 1. The first-order chi connectivity index (χ1) is 8.49. The number of esters is 1. The standard InChI is InChI=1S/C12H18N2O4/c1-4-9-11(16)13-10(15)7-14(9)6-5-8(2)12(17)18-3/h5,9H,4,6-7H2,1-3H3,(H,13,15,16)/b8-5+. The zero-order valence-electron chi connectivity index (χ0n) is 10.9. The van der Waals surface area contributed by atoms with E-state index in [0.717, 1.165) is 0 Å². The third-order valence-electron chi connectivity index (χ3n) is 2.88. The Morgan fingerprint density at radius 3 is 2.78 bits per heavy atom. The number of methoxy groups -OCH3 is 1. The number of carbonyl (C=O) groups is 3. The van der Waals surface area contributed by atoms with Gasteiger partial charge in [-0.15, -0.1) is 0 Å². The van der Waals surface area contributed by atoms with E-state index < -0.39 is 5.97 Å². The number of ether oxygens (including phenoxy) is 1. The number of carbonyl (C=O) groups excluding carboxylic acids is 3. The summed E-state index contributed by atoms with van der Waals surface area (Å²) in [6.07, 6.45) is 2.28. The van der Waals surface area contributed by atoms with E-state index in [9.17, 15) is 14.4 Å². The minimum Gasteiger partial charge on any atom is -0.466 e. The van der Waals surface area contributed by atoms with E-state index in [0.29, 0.717) is 18.5 Å². The largest absolute Gasteiger partial charge is 0.466 e. The summed E-state index contributed by atoms with van der Waals surface area (Å²) in [5, 5.41) is 2.30. The molecule has 1 aliphatic rings. The minimum absolute atomic E-state index is 0.162. The molecule has 1 atom stereocenters. The van der Waals surface area contributed by atoms with Gasteiger partial charge in [0.15, 0.2) is 0 Å². The smallest absolute Gasteiger partial charge is 0.333 e. The van der Waals surface area contributed by atoms with Crippen LogP contribution in [0.5, 0.6) is 0 Å². The fraction of sp³-hybridized carbons (Fsp3) is 0.583. The predicted molar refractivity (Wildman–Crippen MR) is 64.6 cm³/mol. The summed E-state index contributed by atoms with van der Waals surface area (Å²) in [5.74, 6) is -0.998. The fourth-order valence-corrected chi connectivity index (χ4v) is 1.85. The molecule has 1 aliphatic heterocycles. The van der Waals surface area contributed by atoms with Crippen LogP contribution in [0.3, 0.4) is 0 Å². The van der Waals surface area contributed by atoms with Crippen molar-refractivity contribution in [3.05, 3.63) is 11.6 Å². The van der Waals surface area contributed by atoms with Crippen LogP contribution < -0.4 is 5.32 Å². The van der Waals surface area contributed by atoms with Crippen LogP contribution in [0.4, 0.5) is 0 Å². The molecule has 1 heterocycles. The molecule has 1 unspecified atom stereocenters. The highest BCUT2D eigenvalue weighted by atomic mass is 16.5. The van der Waals surface area contributed by atoms with Gasteiger partial charge < -0.3 is 4.74 Å². The summed E-state index contributed by atoms with van der Waals surface area (Å²) >= 11 is 0. The van der Waals surface area contributed by atoms with Crippen LogP contribution in [-0.2, 0) is 19.1 Å². The van der Waals surface area contributed by atoms with Gasteiger partial charge in [0.05, 0.1) is 19.7 Å². The summed E-state index contributed by atoms with van der Waals surface area (Å²) in [4.78, 5) is 35.8. The van der Waals surface area contributed by atoms with Crippen LogP contribution in [0.1, 0.15) is 20.3 Å². The SMILES string of the molecule is CCC1C(=O)NC(=O)CN1C/C=C(\C)C(=O)OC. The van der Waals surface area contributed by atoms with E-state index in [2.05, 4.69) is 10.1 Å². The van der Waals surface area contributed by atoms with E-state index in [1.165, 1.54) is 7.11 Å². The summed E-state index contributed by atoms with van der Waals surface area (Å²) in [7, 11) is 1.31. The van der Waals surface area contributed by atoms with Crippen molar-refractivity contribution in [3.8, 4) is 0 Å². The maximum atomic E-state index is 11.6. The molecule has 1 saturated heterocycles. The Kier molecular flexibility index (Phi) is 5.03. The first-order valence-electron chi connectivity index (χ1n) is 5.82. The molecule has 1 N–H and O–H groups in total. The van der Waals surface area contributed by atoms with Crippen molar-refractivity contribution in [1.29, 1.82) is 0 Å². The molecule has 0 radical (unpaired) electrons. The molecule has 0 saturated carbocycles. The summed E-state index contributed by atoms with van der Waals surface area (Å²) < 4.78 is 4.58. The van der Waals surface area contributed by atoms with Gasteiger partial charge in [0.1, 0.15) is 0 Å². The lowest BCUT2D eigenvalue weighted by Crippen LogP contribution is -2.57. The average molecular weight is 254 g/mol. The lowest BCUT2D eigenvalue weighted by atomic mass is 10.1. The van der Waals surface area contributed by atoms with Gasteiger partial charge in [-0.1, -0.05) is 13.0 Å². The molecule has 6 nitrogen and oxygen atoms in total. The summed E-state index contributed by atoms with van der Waals surface area (Å²) in [6, 6.07) is -0.329. The molecule has 0 aliphatic carbocycles. The zero-order valence-corrected chi connectivity index (χ0v) is 10.9. The molecular weight excluding hydrogens is 236 g/mol. The Labute approximate surface area is 106 Å². The molecular formula is C12H18N2O4. The first kappa shape index (κ1) is 14.4. The lowest BCUT2D eigenvalue weighted by molar-refractivity contribution is -0.139. The Bertz CT molecular complexity index is 390. The second kappa shape index (κ2) is 6.30. The molecule has 0 aromatic carbocycles. The van der Waals surface area contributed by atoms with Crippen LogP contribution in [0.2, 0.25) is 0 Å². The number of amides is 2. The normalized spacial score (nSPS) is 21.7. The third kappa shape index (κ3) is 3.40. The highest BCUT2D eigenvalue weighted by Gasteiger charge is 2.31. The van der Waals surface area contributed by atoms with Crippen molar-refractivity contribution < 1.29 is 19.1 Å². The van der Waals surface area contributed by atoms with Crippen molar-refractivity contribution in [2.24, 2.45) is 0 Å². The quantitative estimate of drug-likeness (QED) is 0.429. The molecule has 2 amide bonds. The van der Waals surface area contributed by atoms with Crippen LogP contribution in [0, 0.1) is 0 Å². The predicted octanol–water partition coefficient (Wildman–Crippen LogP) is -0.157. The van der Waals surface area contributed by atoms with Crippen molar-refractivity contribution in [2.75, 3.05) is 20.2 Å². The van der Waals surface area contributed by atoms with E-state index in [1.807, 2.05) is 6.92 Å². The van der Waals surface area contributed by atoms with E-state index in [1.54, 1.807) is 17.9 Å². The van der Waals surface area contributed by atoms with Crippen molar-refractivity contribution in [1.82, 2.24) is 10.2 Å². The van der Waals surface area contributed by atoms with Gasteiger partial charge in [-0.25, -0.2) is 4.79 Å². The van der Waals surface area contributed by atoms with Gasteiger partial charge in [0.2, 0.25) is 11.8 Å². The number of nitrogens with zero attached hydrogens (tertiary/aromatic N) is 1. The van der Waals surface area contributed by atoms with Gasteiger partial charge in [0, 0.05) is 12.1 Å². The van der Waals surface area contributed by atoms with Crippen LogP contribution >= 0.6 is 0 Å². The molecule has 0 spiro atoms. The van der Waals surface area contributed by atoms with Gasteiger partial charge in [-0.05, 0) is 13.3 Å². The zero-order chi connectivity index (χ0) is 13.7. The van der Waals surface area contributed by atoms with Crippen molar-refractivity contribution in [3.63, 3.8) is 0 Å². The first-order valence-corrected chi connectivity index (χ1v) is 5.82. The molecule has 0 aromatic heterocycles. The van der Waals surface area contributed by atoms with E-state index in [-0.39, 0.29) is 24.4 Å². The van der Waals surface area contributed by atoms with Gasteiger partial charge in [0.25, 0.3) is 0 Å². The minimum atomic E-state index is -0.407. The maximum Gasteiger partial charge on any atom is 0.333 e. The highest BCUT2D eigenvalue weighted by molar-refractivity contribution is 6.01. The second-order valence-electron chi connectivity index (χ2n) is 4.14. The molecule has 1 fully saturated rings. The number of imide groups is 1. The highest BCUT2D eigenvalue weighted by Crippen LogP contribution is 2.09. The molecule has 18 heavy (non-hydrogen) atoms. The molecule has 0 bridgehead atoms. The summed E-state index contributed by atoms with van der Waals surface area (Å²) in [6.45, 7) is 4.05. The fourth-order valence-electron chi connectivity index (χ4n) is 1.85. The Hall–Kier alpha value is -1.69. The van der Waals surface area contributed by atoms with Gasteiger partial charge in [-0.3, -0.25) is 19.8 Å². The molecule has 1 rings (SSSR count). The summed E-state index contributed by atoms with van der Waals surface area (Å²) in [5.41, 5.74) is 0.464. The molecule has 100 valence electrons. The van der Waals surface area contributed by atoms with Crippen LogP contribution in [0.25, 0.3) is 0 Å². The van der Waals surface area contributed by atoms with E-state index >= 15 is 0 Å². The Balaban J connectivity index is 2.71. The van der Waals surface area contributed by atoms with Gasteiger partial charge in [-0.2, -0.15) is 0 Å². The number of piperazine rings is 1. The van der Waals surface area contributed by atoms with Crippen LogP contribution in [0.15, 0.2) is 11.6 Å². The van der Waals surface area contributed by atoms with Gasteiger partial charge >= 0.3 is 5.97 Å². The Morgan fingerprint density at radius 1 is 1.56 bits per heavy atom. The van der Waals surface area contributed by atoms with E-state index in [4.69, 9.17) is 0 Å². The van der Waals surface area contributed by atoms with Crippen molar-refractivity contribution in [2.45, 2.75) is 26.3 Å². The number of nitrogens with one attached hydrogen (secondary N) is 1. The topological polar surface area (TPSA) is 75.7 Å². The molecule has 0 aromatic rings. The maximum absolute atomic E-state index is 11.6. The third-order valence-corrected chi connectivity index (χ3v) is 2.88. The molecule has 6 heteroatoms. The Morgan fingerprint density at radius 2 is 2.22 bits per heavy atom. The average Bonchev–Trinajstić information content (AvgIpc) is 2.34. The van der Waals surface area contributed by atoms with Crippen LogP contribution in [-0.4, -0.2) is 48.9 Å². The monoisotopic (exact) mass is 254 g/mol.